The van der Waals surface area contributed by atoms with E-state index in [0.717, 1.165) is 23.6 Å². The number of aryl methyl sites for hydroxylation is 1. The van der Waals surface area contributed by atoms with Gasteiger partial charge in [-0.2, -0.15) is 0 Å². The number of benzene rings is 1. The number of hydrogen-bond donors (Lipinski definition) is 1. The first-order valence-corrected chi connectivity index (χ1v) is 7.96. The average molecular weight is 301 g/mol. The fourth-order valence-corrected chi connectivity index (χ4v) is 4.08. The molecule has 3 rings (SSSR count). The normalized spacial score (nSPS) is 20.9. The van der Waals surface area contributed by atoms with E-state index in [-0.39, 0.29) is 0 Å². The van der Waals surface area contributed by atoms with Gasteiger partial charge in [-0.25, -0.2) is 9.97 Å². The van der Waals surface area contributed by atoms with Gasteiger partial charge in [0, 0.05) is 17.5 Å². The Morgan fingerprint density at radius 1 is 1.33 bits per heavy atom. The Labute approximate surface area is 129 Å². The second-order valence-corrected chi connectivity index (χ2v) is 6.33. The quantitative estimate of drug-likeness (QED) is 0.880. The molecule has 2 unspecified atom stereocenters. The van der Waals surface area contributed by atoms with Crippen molar-refractivity contribution in [3.63, 3.8) is 0 Å². The van der Waals surface area contributed by atoms with Crippen LogP contribution < -0.4 is 10.1 Å². The first kappa shape index (κ1) is 14.4. The van der Waals surface area contributed by atoms with Gasteiger partial charge in [0.05, 0.1) is 12.1 Å². The van der Waals surface area contributed by atoms with Gasteiger partial charge in [0.2, 0.25) is 0 Å². The molecule has 5 heteroatoms. The van der Waals surface area contributed by atoms with Crippen LogP contribution in [-0.4, -0.2) is 29.4 Å². The molecule has 0 amide bonds. The molecular formula is C16H19N3OS. The van der Waals surface area contributed by atoms with Crippen molar-refractivity contribution < 1.29 is 4.74 Å². The van der Waals surface area contributed by atoms with E-state index < -0.39 is 0 Å². The van der Waals surface area contributed by atoms with E-state index in [1.54, 1.807) is 19.6 Å². The van der Waals surface area contributed by atoms with E-state index in [4.69, 9.17) is 4.74 Å². The third-order valence-electron chi connectivity index (χ3n) is 3.89. The van der Waals surface area contributed by atoms with E-state index in [9.17, 15) is 0 Å². The zero-order valence-corrected chi connectivity index (χ0v) is 13.1. The van der Waals surface area contributed by atoms with Crippen LogP contribution in [0, 0.1) is 0 Å². The minimum absolute atomic E-state index is 0.333. The van der Waals surface area contributed by atoms with Crippen LogP contribution in [0.25, 0.3) is 0 Å². The maximum absolute atomic E-state index is 5.33. The summed E-state index contributed by atoms with van der Waals surface area (Å²) in [6.45, 7) is 0. The number of rotatable bonds is 4. The topological polar surface area (TPSA) is 47.0 Å². The first-order chi connectivity index (χ1) is 10.3. The lowest BCUT2D eigenvalue weighted by molar-refractivity contribution is 0.412. The van der Waals surface area contributed by atoms with Gasteiger partial charge in [-0.1, -0.05) is 6.07 Å². The standard InChI is InChI=1S/C16H19N3OS/c1-17-16-13-5-4-12(20-2)9-11(13)3-6-14(16)21-15-7-8-18-10-19-15/h4-5,7-10,14,16-17H,3,6H2,1-2H3. The molecule has 1 aliphatic rings. The number of nitrogens with one attached hydrogen (secondary N) is 1. The van der Waals surface area contributed by atoms with Crippen LogP contribution >= 0.6 is 11.8 Å². The van der Waals surface area contributed by atoms with Crippen molar-refractivity contribution in [2.45, 2.75) is 29.2 Å². The Morgan fingerprint density at radius 2 is 2.24 bits per heavy atom. The summed E-state index contributed by atoms with van der Waals surface area (Å²) in [6, 6.07) is 8.69. The van der Waals surface area contributed by atoms with Crippen LogP contribution in [0.4, 0.5) is 0 Å². The molecule has 0 saturated carbocycles. The molecule has 2 atom stereocenters. The summed E-state index contributed by atoms with van der Waals surface area (Å²) in [7, 11) is 3.74. The number of fused-ring (bicyclic) bond motifs is 1. The van der Waals surface area contributed by atoms with E-state index in [0.29, 0.717) is 11.3 Å². The summed E-state index contributed by atoms with van der Waals surface area (Å²) in [5.41, 5.74) is 2.75. The Morgan fingerprint density at radius 3 is 2.95 bits per heavy atom. The van der Waals surface area contributed by atoms with E-state index >= 15 is 0 Å². The molecule has 4 nitrogen and oxygen atoms in total. The van der Waals surface area contributed by atoms with Crippen molar-refractivity contribution in [1.82, 2.24) is 15.3 Å². The van der Waals surface area contributed by atoms with E-state index in [1.807, 2.05) is 30.9 Å². The zero-order chi connectivity index (χ0) is 14.7. The van der Waals surface area contributed by atoms with E-state index in [2.05, 4.69) is 27.4 Å². The molecule has 1 aliphatic carbocycles. The highest BCUT2D eigenvalue weighted by Gasteiger charge is 2.29. The highest BCUT2D eigenvalue weighted by Crippen LogP contribution is 2.40. The lowest BCUT2D eigenvalue weighted by atomic mass is 9.87. The summed E-state index contributed by atoms with van der Waals surface area (Å²) in [4.78, 5) is 8.31. The Bertz CT molecular complexity index is 606. The zero-order valence-electron chi connectivity index (χ0n) is 12.2. The number of aromatic nitrogens is 2. The molecule has 0 spiro atoms. The minimum atomic E-state index is 0.333. The number of ether oxygens (including phenoxy) is 1. The third kappa shape index (κ3) is 3.04. The van der Waals surface area contributed by atoms with Crippen molar-refractivity contribution in [1.29, 1.82) is 0 Å². The van der Waals surface area contributed by atoms with Crippen molar-refractivity contribution in [2.75, 3.05) is 14.2 Å². The highest BCUT2D eigenvalue weighted by atomic mass is 32.2. The molecule has 1 aromatic heterocycles. The average Bonchev–Trinajstić information content (AvgIpc) is 2.55. The van der Waals surface area contributed by atoms with Gasteiger partial charge in [-0.05, 0) is 49.2 Å². The molecule has 21 heavy (non-hydrogen) atoms. The number of methoxy groups -OCH3 is 1. The Kier molecular flexibility index (Phi) is 4.41. The monoisotopic (exact) mass is 301 g/mol. The predicted octanol–water partition coefficient (Wildman–Crippen LogP) is 2.85. The molecule has 0 aliphatic heterocycles. The maximum Gasteiger partial charge on any atom is 0.119 e. The number of thioether (sulfide) groups is 1. The molecule has 1 N–H and O–H groups in total. The van der Waals surface area contributed by atoms with Crippen molar-refractivity contribution in [3.05, 3.63) is 47.9 Å². The molecule has 0 radical (unpaired) electrons. The van der Waals surface area contributed by atoms with E-state index in [1.165, 1.54) is 11.1 Å². The van der Waals surface area contributed by atoms with Gasteiger partial charge in [0.25, 0.3) is 0 Å². The fraction of sp³-hybridized carbons (Fsp3) is 0.375. The van der Waals surface area contributed by atoms with Gasteiger partial charge < -0.3 is 10.1 Å². The minimum Gasteiger partial charge on any atom is -0.497 e. The van der Waals surface area contributed by atoms with Crippen molar-refractivity contribution in [2.24, 2.45) is 0 Å². The lowest BCUT2D eigenvalue weighted by Crippen LogP contribution is -2.32. The Hall–Kier alpha value is -1.59. The molecule has 0 bridgehead atoms. The SMILES string of the molecule is CNC1c2ccc(OC)cc2CCC1Sc1ccncn1. The van der Waals surface area contributed by atoms with Crippen LogP contribution in [0.2, 0.25) is 0 Å². The third-order valence-corrected chi connectivity index (χ3v) is 5.19. The smallest absolute Gasteiger partial charge is 0.119 e. The molecule has 1 heterocycles. The van der Waals surface area contributed by atoms with Gasteiger partial charge in [-0.3, -0.25) is 0 Å². The van der Waals surface area contributed by atoms with Crippen LogP contribution in [-0.2, 0) is 6.42 Å². The predicted molar refractivity (Wildman–Crippen MR) is 84.8 cm³/mol. The Balaban J connectivity index is 1.84. The fourth-order valence-electron chi connectivity index (χ4n) is 2.87. The van der Waals surface area contributed by atoms with Crippen molar-refractivity contribution >= 4 is 11.8 Å². The maximum atomic E-state index is 5.33. The molecule has 0 fully saturated rings. The molecular weight excluding hydrogens is 282 g/mol. The summed E-state index contributed by atoms with van der Waals surface area (Å²) < 4.78 is 5.33. The second kappa shape index (κ2) is 6.45. The van der Waals surface area contributed by atoms with Crippen LogP contribution in [0.1, 0.15) is 23.6 Å². The first-order valence-electron chi connectivity index (χ1n) is 7.08. The van der Waals surface area contributed by atoms with Gasteiger partial charge in [0.1, 0.15) is 12.1 Å². The van der Waals surface area contributed by atoms with Gasteiger partial charge >= 0.3 is 0 Å². The molecule has 2 aromatic rings. The molecule has 0 saturated heterocycles. The highest BCUT2D eigenvalue weighted by molar-refractivity contribution is 7.99. The van der Waals surface area contributed by atoms with Gasteiger partial charge in [-0.15, -0.1) is 11.8 Å². The molecule has 1 aromatic carbocycles. The largest absolute Gasteiger partial charge is 0.497 e. The lowest BCUT2D eigenvalue weighted by Gasteiger charge is -2.33. The number of nitrogens with zero attached hydrogens (tertiary/aromatic N) is 2. The van der Waals surface area contributed by atoms with Crippen LogP contribution in [0.3, 0.4) is 0 Å². The number of hydrogen-bond acceptors (Lipinski definition) is 5. The summed E-state index contributed by atoms with van der Waals surface area (Å²) in [6.07, 6.45) is 5.61. The van der Waals surface area contributed by atoms with Crippen molar-refractivity contribution in [3.8, 4) is 5.75 Å². The molecule has 110 valence electrons. The van der Waals surface area contributed by atoms with Crippen LogP contribution in [0.15, 0.2) is 41.8 Å². The second-order valence-electron chi connectivity index (χ2n) is 5.07. The summed E-state index contributed by atoms with van der Waals surface area (Å²) >= 11 is 1.83. The van der Waals surface area contributed by atoms with Crippen LogP contribution in [0.5, 0.6) is 5.75 Å². The van der Waals surface area contributed by atoms with Gasteiger partial charge in [0.15, 0.2) is 0 Å². The summed E-state index contributed by atoms with van der Waals surface area (Å²) in [5.74, 6) is 0.936. The summed E-state index contributed by atoms with van der Waals surface area (Å²) in [5, 5.41) is 4.97.